The molecule has 1 saturated heterocycles. The molecule has 2 heterocycles. The molecule has 1 aliphatic heterocycles. The molecule has 0 atom stereocenters. The maximum Gasteiger partial charge on any atom is 0.335 e. The van der Waals surface area contributed by atoms with Crippen LogP contribution in [0.2, 0.25) is 0 Å². The van der Waals surface area contributed by atoms with E-state index in [9.17, 15) is 14.7 Å². The van der Waals surface area contributed by atoms with Gasteiger partial charge in [-0.1, -0.05) is 30.3 Å². The second-order valence-electron chi connectivity index (χ2n) is 7.58. The normalized spacial score (nSPS) is 15.5. The molecule has 0 spiro atoms. The van der Waals surface area contributed by atoms with Gasteiger partial charge in [-0.25, -0.2) is 9.36 Å². The topological polar surface area (TPSA) is 90.7 Å². The highest BCUT2D eigenvalue weighted by molar-refractivity contribution is 14.1. The third kappa shape index (κ3) is 5.13. The van der Waals surface area contributed by atoms with Crippen LogP contribution < -0.4 is 11.2 Å². The average Bonchev–Trinajstić information content (AvgIpc) is 2.76. The van der Waals surface area contributed by atoms with Gasteiger partial charge in [-0.05, 0) is 65.3 Å². The van der Waals surface area contributed by atoms with Gasteiger partial charge in [0.2, 0.25) is 5.88 Å². The number of H-pyrrole nitrogens is 1. The van der Waals surface area contributed by atoms with E-state index in [1.807, 2.05) is 30.3 Å². The van der Waals surface area contributed by atoms with E-state index in [-0.39, 0.29) is 11.6 Å². The Morgan fingerprint density at radius 1 is 1.06 bits per heavy atom. The van der Waals surface area contributed by atoms with Gasteiger partial charge in [0.1, 0.15) is 5.56 Å². The van der Waals surface area contributed by atoms with E-state index in [0.29, 0.717) is 5.69 Å². The number of halogens is 1. The fraction of sp³-hybridized carbons (Fsp3) is 0.261. The molecule has 7 nitrogen and oxygen atoms in total. The number of nitrogens with zero attached hydrogens (tertiary/aromatic N) is 3. The van der Waals surface area contributed by atoms with E-state index in [2.05, 4.69) is 49.6 Å². The minimum atomic E-state index is -0.685. The van der Waals surface area contributed by atoms with Gasteiger partial charge in [0.25, 0.3) is 5.56 Å². The van der Waals surface area contributed by atoms with Gasteiger partial charge in [0, 0.05) is 29.4 Å². The van der Waals surface area contributed by atoms with Gasteiger partial charge in [-0.2, -0.15) is 0 Å². The SMILES string of the molecule is O=c1[nH]c(=O)n(-c2ccc(I)cc2)c(O)c1C=NC1CCN(Cc2ccccc2)CC1. The number of aliphatic imine (C=N–C) groups is 1. The van der Waals surface area contributed by atoms with Crippen molar-refractivity contribution in [1.29, 1.82) is 0 Å². The first kappa shape index (κ1) is 21.5. The Morgan fingerprint density at radius 3 is 2.42 bits per heavy atom. The smallest absolute Gasteiger partial charge is 0.335 e. The maximum atomic E-state index is 12.3. The number of aromatic nitrogens is 2. The number of aromatic hydroxyl groups is 1. The molecule has 31 heavy (non-hydrogen) atoms. The minimum Gasteiger partial charge on any atom is -0.493 e. The summed E-state index contributed by atoms with van der Waals surface area (Å²) in [4.78, 5) is 33.8. The quantitative estimate of drug-likeness (QED) is 0.392. The third-order valence-electron chi connectivity index (χ3n) is 5.43. The third-order valence-corrected chi connectivity index (χ3v) is 6.15. The van der Waals surface area contributed by atoms with Crippen LogP contribution >= 0.6 is 22.6 Å². The van der Waals surface area contributed by atoms with Crippen LogP contribution in [0.4, 0.5) is 0 Å². The Bertz CT molecular complexity index is 1180. The van der Waals surface area contributed by atoms with Gasteiger partial charge in [-0.15, -0.1) is 0 Å². The highest BCUT2D eigenvalue weighted by atomic mass is 127. The van der Waals surface area contributed by atoms with Crippen LogP contribution in [0, 0.1) is 3.57 Å². The van der Waals surface area contributed by atoms with Crippen molar-refractivity contribution < 1.29 is 5.11 Å². The first-order valence-electron chi connectivity index (χ1n) is 10.1. The average molecular weight is 530 g/mol. The highest BCUT2D eigenvalue weighted by Gasteiger charge is 2.19. The Kier molecular flexibility index (Phi) is 6.67. The molecule has 1 aromatic heterocycles. The van der Waals surface area contributed by atoms with Gasteiger partial charge in [0.05, 0.1) is 11.7 Å². The molecule has 0 amide bonds. The number of hydrogen-bond acceptors (Lipinski definition) is 5. The molecule has 4 rings (SSSR count). The van der Waals surface area contributed by atoms with Crippen LogP contribution in [-0.4, -0.2) is 44.9 Å². The van der Waals surface area contributed by atoms with Crippen molar-refractivity contribution in [2.24, 2.45) is 4.99 Å². The van der Waals surface area contributed by atoms with E-state index in [4.69, 9.17) is 0 Å². The summed E-state index contributed by atoms with van der Waals surface area (Å²) < 4.78 is 2.08. The number of benzene rings is 2. The molecule has 2 N–H and O–H groups in total. The Labute approximate surface area is 193 Å². The molecule has 2 aromatic carbocycles. The number of aromatic amines is 1. The molecule has 0 saturated carbocycles. The van der Waals surface area contributed by atoms with E-state index < -0.39 is 17.1 Å². The number of nitrogens with one attached hydrogen (secondary N) is 1. The lowest BCUT2D eigenvalue weighted by Crippen LogP contribution is -2.35. The standard InChI is InChI=1S/C23H23IN4O3/c24-17-6-8-19(9-7-17)28-22(30)20(21(29)26-23(28)31)14-25-18-10-12-27(13-11-18)15-16-4-2-1-3-5-16/h1-9,14,18,30H,10-13,15H2,(H,26,29,31). The van der Waals surface area contributed by atoms with Crippen molar-refractivity contribution in [3.63, 3.8) is 0 Å². The molecule has 1 aliphatic rings. The van der Waals surface area contributed by atoms with Gasteiger partial charge < -0.3 is 5.11 Å². The van der Waals surface area contributed by atoms with Crippen LogP contribution in [0.3, 0.4) is 0 Å². The predicted molar refractivity (Wildman–Crippen MR) is 129 cm³/mol. The zero-order chi connectivity index (χ0) is 21.8. The summed E-state index contributed by atoms with van der Waals surface area (Å²) in [5, 5.41) is 10.7. The van der Waals surface area contributed by atoms with E-state index in [1.165, 1.54) is 11.8 Å². The van der Waals surface area contributed by atoms with E-state index in [0.717, 1.165) is 40.6 Å². The zero-order valence-corrected chi connectivity index (χ0v) is 19.0. The van der Waals surface area contributed by atoms with Crippen molar-refractivity contribution in [1.82, 2.24) is 14.5 Å². The largest absolute Gasteiger partial charge is 0.493 e. The van der Waals surface area contributed by atoms with Gasteiger partial charge in [0.15, 0.2) is 0 Å². The van der Waals surface area contributed by atoms with Crippen LogP contribution in [0.25, 0.3) is 5.69 Å². The van der Waals surface area contributed by atoms with E-state index >= 15 is 0 Å². The molecule has 0 aliphatic carbocycles. The van der Waals surface area contributed by atoms with Gasteiger partial charge in [-0.3, -0.25) is 19.7 Å². The lowest BCUT2D eigenvalue weighted by Gasteiger charge is -2.30. The lowest BCUT2D eigenvalue weighted by molar-refractivity contribution is 0.206. The summed E-state index contributed by atoms with van der Waals surface area (Å²) in [7, 11) is 0. The summed E-state index contributed by atoms with van der Waals surface area (Å²) in [6.45, 7) is 2.75. The molecule has 1 fully saturated rings. The zero-order valence-electron chi connectivity index (χ0n) is 16.9. The fourth-order valence-electron chi connectivity index (χ4n) is 3.73. The minimum absolute atomic E-state index is 0.00938. The molecule has 160 valence electrons. The Hall–Kier alpha value is -2.72. The van der Waals surface area contributed by atoms with Crippen LogP contribution in [0.15, 0.2) is 69.2 Å². The van der Waals surface area contributed by atoms with Crippen LogP contribution in [-0.2, 0) is 6.54 Å². The summed E-state index contributed by atoms with van der Waals surface area (Å²) in [5.74, 6) is -0.403. The maximum absolute atomic E-state index is 12.3. The Morgan fingerprint density at radius 2 is 1.74 bits per heavy atom. The van der Waals surface area contributed by atoms with Crippen LogP contribution in [0.1, 0.15) is 24.0 Å². The summed E-state index contributed by atoms with van der Waals surface area (Å²) >= 11 is 2.16. The highest BCUT2D eigenvalue weighted by Crippen LogP contribution is 2.19. The Balaban J connectivity index is 1.48. The summed E-state index contributed by atoms with van der Waals surface area (Å²) in [6, 6.07) is 17.5. The van der Waals surface area contributed by atoms with Crippen LogP contribution in [0.5, 0.6) is 5.88 Å². The van der Waals surface area contributed by atoms with Crippen molar-refractivity contribution in [2.75, 3.05) is 13.1 Å². The molecule has 8 heteroatoms. The van der Waals surface area contributed by atoms with Crippen molar-refractivity contribution in [2.45, 2.75) is 25.4 Å². The number of piperidine rings is 1. The summed E-state index contributed by atoms with van der Waals surface area (Å²) in [5.41, 5.74) is 0.427. The first-order chi connectivity index (χ1) is 15.0. The van der Waals surface area contributed by atoms with Crippen molar-refractivity contribution >= 4 is 28.8 Å². The number of hydrogen-bond donors (Lipinski definition) is 2. The second kappa shape index (κ2) is 9.61. The molecular weight excluding hydrogens is 507 g/mol. The monoisotopic (exact) mass is 530 g/mol. The number of likely N-dealkylation sites (tertiary alicyclic amines) is 1. The fourth-order valence-corrected chi connectivity index (χ4v) is 4.09. The molecule has 0 bridgehead atoms. The molecular formula is C23H23IN4O3. The van der Waals surface area contributed by atoms with Crippen molar-refractivity contribution in [3.05, 3.63) is 90.1 Å². The van der Waals surface area contributed by atoms with Gasteiger partial charge >= 0.3 is 5.69 Å². The molecule has 0 unspecified atom stereocenters. The first-order valence-corrected chi connectivity index (χ1v) is 11.2. The predicted octanol–water partition coefficient (Wildman–Crippen LogP) is 2.92. The number of rotatable bonds is 5. The summed E-state index contributed by atoms with van der Waals surface area (Å²) in [6.07, 6.45) is 3.14. The van der Waals surface area contributed by atoms with Crippen molar-refractivity contribution in [3.8, 4) is 11.6 Å². The second-order valence-corrected chi connectivity index (χ2v) is 8.83. The molecule has 0 radical (unpaired) electrons. The lowest BCUT2D eigenvalue weighted by atomic mass is 10.0. The molecule has 3 aromatic rings. The van der Waals surface area contributed by atoms with E-state index in [1.54, 1.807) is 12.1 Å².